The normalized spacial score (nSPS) is 21.1. The van der Waals surface area contributed by atoms with Gasteiger partial charge >= 0.3 is 0 Å². The summed E-state index contributed by atoms with van der Waals surface area (Å²) in [5.41, 5.74) is 0.990. The van der Waals surface area contributed by atoms with Crippen LogP contribution in [0.1, 0.15) is 20.3 Å². The van der Waals surface area contributed by atoms with Crippen molar-refractivity contribution < 1.29 is 0 Å². The van der Waals surface area contributed by atoms with Crippen molar-refractivity contribution in [2.45, 2.75) is 26.3 Å². The predicted molar refractivity (Wildman–Crippen MR) is 72.6 cm³/mol. The standard InChI is InChI=1S/C13H20ClN3/c1-10(2)17-6-4-11(9-17)7-16-13-3-5-15-8-12(13)14/h3,5,8,10-11H,4,6-7,9H2,1-2H3,(H,15,16). The van der Waals surface area contributed by atoms with Crippen molar-refractivity contribution in [3.63, 3.8) is 0 Å². The van der Waals surface area contributed by atoms with Crippen molar-refractivity contribution in [2.75, 3.05) is 25.0 Å². The Morgan fingerprint density at radius 2 is 2.41 bits per heavy atom. The molecule has 94 valence electrons. The number of hydrogen-bond acceptors (Lipinski definition) is 3. The molecule has 1 aliphatic rings. The third kappa shape index (κ3) is 3.33. The Morgan fingerprint density at radius 1 is 1.59 bits per heavy atom. The maximum atomic E-state index is 6.05. The van der Waals surface area contributed by atoms with Gasteiger partial charge in [0.25, 0.3) is 0 Å². The topological polar surface area (TPSA) is 28.2 Å². The lowest BCUT2D eigenvalue weighted by Crippen LogP contribution is -2.29. The Hall–Kier alpha value is -0.800. The Labute approximate surface area is 108 Å². The smallest absolute Gasteiger partial charge is 0.0820 e. The maximum Gasteiger partial charge on any atom is 0.0820 e. The summed E-state index contributed by atoms with van der Waals surface area (Å²) >= 11 is 6.05. The van der Waals surface area contributed by atoms with Crippen LogP contribution in [0.15, 0.2) is 18.5 Å². The van der Waals surface area contributed by atoms with E-state index in [-0.39, 0.29) is 0 Å². The minimum atomic E-state index is 0.657. The molecule has 0 amide bonds. The van der Waals surface area contributed by atoms with E-state index >= 15 is 0 Å². The summed E-state index contributed by atoms with van der Waals surface area (Å²) in [6.07, 6.45) is 4.72. The molecule has 1 N–H and O–H groups in total. The minimum Gasteiger partial charge on any atom is -0.383 e. The first-order valence-corrected chi connectivity index (χ1v) is 6.62. The Kier molecular flexibility index (Phi) is 4.24. The van der Waals surface area contributed by atoms with Gasteiger partial charge in [-0.05, 0) is 38.8 Å². The Balaban J connectivity index is 1.82. The molecule has 17 heavy (non-hydrogen) atoms. The largest absolute Gasteiger partial charge is 0.383 e. The Morgan fingerprint density at radius 3 is 3.06 bits per heavy atom. The highest BCUT2D eigenvalue weighted by Crippen LogP contribution is 2.22. The van der Waals surface area contributed by atoms with E-state index in [0.717, 1.165) is 18.2 Å². The van der Waals surface area contributed by atoms with E-state index in [0.29, 0.717) is 11.1 Å². The van der Waals surface area contributed by atoms with Crippen LogP contribution < -0.4 is 5.32 Å². The quantitative estimate of drug-likeness (QED) is 0.895. The molecule has 1 aromatic rings. The SMILES string of the molecule is CC(C)N1CCC(CNc2ccncc2Cl)C1. The summed E-state index contributed by atoms with van der Waals surface area (Å²) in [5.74, 6) is 0.724. The Bertz CT molecular complexity index is 367. The summed E-state index contributed by atoms with van der Waals surface area (Å²) in [6, 6.07) is 2.59. The van der Waals surface area contributed by atoms with Crippen LogP contribution in [0.25, 0.3) is 0 Å². The third-order valence-corrected chi connectivity index (χ3v) is 3.70. The van der Waals surface area contributed by atoms with E-state index in [1.165, 1.54) is 19.5 Å². The molecule has 0 aromatic carbocycles. The number of likely N-dealkylation sites (tertiary alicyclic amines) is 1. The van der Waals surface area contributed by atoms with Crippen LogP contribution in [0, 0.1) is 5.92 Å². The number of anilines is 1. The molecule has 2 heterocycles. The molecule has 0 saturated carbocycles. The minimum absolute atomic E-state index is 0.657. The number of pyridine rings is 1. The molecule has 4 heteroatoms. The van der Waals surface area contributed by atoms with Crippen molar-refractivity contribution in [3.05, 3.63) is 23.5 Å². The molecule has 0 spiro atoms. The van der Waals surface area contributed by atoms with Gasteiger partial charge in [-0.15, -0.1) is 0 Å². The second-order valence-corrected chi connectivity index (χ2v) is 5.39. The van der Waals surface area contributed by atoms with Crippen LogP contribution in [0.3, 0.4) is 0 Å². The van der Waals surface area contributed by atoms with Gasteiger partial charge in [-0.25, -0.2) is 0 Å². The average molecular weight is 254 g/mol. The lowest BCUT2D eigenvalue weighted by molar-refractivity contribution is 0.266. The molecule has 3 nitrogen and oxygen atoms in total. The van der Waals surface area contributed by atoms with E-state index < -0.39 is 0 Å². The van der Waals surface area contributed by atoms with Gasteiger partial charge in [0.05, 0.1) is 10.7 Å². The molecule has 1 aliphatic heterocycles. The van der Waals surface area contributed by atoms with E-state index in [1.54, 1.807) is 12.4 Å². The summed E-state index contributed by atoms with van der Waals surface area (Å²) < 4.78 is 0. The summed E-state index contributed by atoms with van der Waals surface area (Å²) in [5, 5.41) is 4.12. The molecule has 1 aromatic heterocycles. The van der Waals surface area contributed by atoms with Crippen LogP contribution >= 0.6 is 11.6 Å². The van der Waals surface area contributed by atoms with Crippen molar-refractivity contribution in [2.24, 2.45) is 5.92 Å². The lowest BCUT2D eigenvalue weighted by Gasteiger charge is -2.20. The zero-order valence-electron chi connectivity index (χ0n) is 10.5. The van der Waals surface area contributed by atoms with Gasteiger partial charge < -0.3 is 10.2 Å². The fraction of sp³-hybridized carbons (Fsp3) is 0.615. The number of rotatable bonds is 4. The van der Waals surface area contributed by atoms with Crippen LogP contribution in [0.2, 0.25) is 5.02 Å². The third-order valence-electron chi connectivity index (χ3n) is 3.40. The molecule has 1 fully saturated rings. The number of nitrogens with zero attached hydrogens (tertiary/aromatic N) is 2. The number of nitrogens with one attached hydrogen (secondary N) is 1. The maximum absolute atomic E-state index is 6.05. The molecule has 2 rings (SSSR count). The van der Waals surface area contributed by atoms with E-state index in [4.69, 9.17) is 11.6 Å². The second kappa shape index (κ2) is 5.69. The van der Waals surface area contributed by atoms with Crippen LogP contribution in [-0.4, -0.2) is 35.6 Å². The van der Waals surface area contributed by atoms with Crippen molar-refractivity contribution in [1.82, 2.24) is 9.88 Å². The second-order valence-electron chi connectivity index (χ2n) is 4.98. The van der Waals surface area contributed by atoms with Gasteiger partial charge in [0.2, 0.25) is 0 Å². The summed E-state index contributed by atoms with van der Waals surface area (Å²) in [4.78, 5) is 6.51. The highest BCUT2D eigenvalue weighted by molar-refractivity contribution is 6.33. The lowest BCUT2D eigenvalue weighted by atomic mass is 10.1. The molecule has 0 radical (unpaired) electrons. The van der Waals surface area contributed by atoms with Gasteiger partial charge in [0.1, 0.15) is 0 Å². The fourth-order valence-electron chi connectivity index (χ4n) is 2.27. The van der Waals surface area contributed by atoms with Gasteiger partial charge in [-0.3, -0.25) is 4.98 Å². The first-order chi connectivity index (χ1) is 8.16. The molecule has 1 saturated heterocycles. The first-order valence-electron chi connectivity index (χ1n) is 6.24. The van der Waals surface area contributed by atoms with Crippen LogP contribution in [0.4, 0.5) is 5.69 Å². The molecular formula is C13H20ClN3. The fourth-order valence-corrected chi connectivity index (χ4v) is 2.46. The van der Waals surface area contributed by atoms with E-state index in [2.05, 4.69) is 29.0 Å². The molecular weight excluding hydrogens is 234 g/mol. The van der Waals surface area contributed by atoms with Gasteiger partial charge in [-0.1, -0.05) is 11.6 Å². The molecule has 0 bridgehead atoms. The first kappa shape index (κ1) is 12.7. The van der Waals surface area contributed by atoms with Gasteiger partial charge in [-0.2, -0.15) is 0 Å². The van der Waals surface area contributed by atoms with Crippen LogP contribution in [-0.2, 0) is 0 Å². The summed E-state index contributed by atoms with van der Waals surface area (Å²) in [7, 11) is 0. The molecule has 1 atom stereocenters. The number of halogens is 1. The summed E-state index contributed by atoms with van der Waals surface area (Å²) in [6.45, 7) is 7.92. The average Bonchev–Trinajstić information content (AvgIpc) is 2.77. The monoisotopic (exact) mass is 253 g/mol. The van der Waals surface area contributed by atoms with Crippen LogP contribution in [0.5, 0.6) is 0 Å². The van der Waals surface area contributed by atoms with Crippen molar-refractivity contribution >= 4 is 17.3 Å². The number of aromatic nitrogens is 1. The predicted octanol–water partition coefficient (Wildman–Crippen LogP) is 2.88. The van der Waals surface area contributed by atoms with Crippen molar-refractivity contribution in [3.8, 4) is 0 Å². The van der Waals surface area contributed by atoms with E-state index in [1.807, 2.05) is 6.07 Å². The highest BCUT2D eigenvalue weighted by atomic mass is 35.5. The molecule has 1 unspecified atom stereocenters. The van der Waals surface area contributed by atoms with Gasteiger partial charge in [0, 0.05) is 31.5 Å². The zero-order chi connectivity index (χ0) is 12.3. The van der Waals surface area contributed by atoms with E-state index in [9.17, 15) is 0 Å². The van der Waals surface area contributed by atoms with Gasteiger partial charge in [0.15, 0.2) is 0 Å². The molecule has 0 aliphatic carbocycles. The zero-order valence-corrected chi connectivity index (χ0v) is 11.2. The number of hydrogen-bond donors (Lipinski definition) is 1. The van der Waals surface area contributed by atoms with Crippen molar-refractivity contribution in [1.29, 1.82) is 0 Å². The highest BCUT2D eigenvalue weighted by Gasteiger charge is 2.23.